The first kappa shape index (κ1) is 23.0. The van der Waals surface area contributed by atoms with Crippen LogP contribution in [0.4, 0.5) is 0 Å². The van der Waals surface area contributed by atoms with E-state index >= 15 is 0 Å². The van der Waals surface area contributed by atoms with Gasteiger partial charge in [0.15, 0.2) is 11.5 Å². The van der Waals surface area contributed by atoms with Gasteiger partial charge in [0.05, 0.1) is 43.8 Å². The Hall–Kier alpha value is -3.73. The largest absolute Gasteiger partial charge is 0.493 e. The predicted octanol–water partition coefficient (Wildman–Crippen LogP) is 5.66. The third-order valence-corrected chi connectivity index (χ3v) is 6.47. The third kappa shape index (κ3) is 4.39. The summed E-state index contributed by atoms with van der Waals surface area (Å²) in [5.41, 5.74) is 4.61. The SMILES string of the molecule is COc1cccc([C@H]2O[C@H](CCn3ccc(CC#N)n3)c3cccn3-c3ccc(Cl)cc32)c1OC. The minimum absolute atomic E-state index is 0.235. The highest BCUT2D eigenvalue weighted by atomic mass is 35.5. The van der Waals surface area contributed by atoms with Crippen LogP contribution in [-0.2, 0) is 17.7 Å². The van der Waals surface area contributed by atoms with Crippen LogP contribution in [0.15, 0.2) is 67.0 Å². The summed E-state index contributed by atoms with van der Waals surface area (Å²) in [7, 11) is 3.26. The second-order valence-corrected chi connectivity index (χ2v) is 8.72. The summed E-state index contributed by atoms with van der Waals surface area (Å²) in [4.78, 5) is 0. The Morgan fingerprint density at radius 3 is 2.74 bits per heavy atom. The molecule has 8 heteroatoms. The maximum absolute atomic E-state index is 8.95. The lowest BCUT2D eigenvalue weighted by Crippen LogP contribution is -2.14. The van der Waals surface area contributed by atoms with Gasteiger partial charge in [-0.05, 0) is 48.9 Å². The van der Waals surface area contributed by atoms with Crippen LogP contribution in [0.2, 0.25) is 5.02 Å². The van der Waals surface area contributed by atoms with Gasteiger partial charge in [0.2, 0.25) is 0 Å². The van der Waals surface area contributed by atoms with Crippen molar-refractivity contribution in [2.75, 3.05) is 14.2 Å². The average molecular weight is 489 g/mol. The molecule has 2 aromatic heterocycles. The van der Waals surface area contributed by atoms with E-state index in [0.717, 1.165) is 28.2 Å². The van der Waals surface area contributed by atoms with E-state index in [9.17, 15) is 0 Å². The van der Waals surface area contributed by atoms with E-state index in [4.69, 9.17) is 31.1 Å². The lowest BCUT2D eigenvalue weighted by molar-refractivity contribution is -0.00168. The number of hydrogen-bond donors (Lipinski definition) is 0. The minimum Gasteiger partial charge on any atom is -0.493 e. The summed E-state index contributed by atoms with van der Waals surface area (Å²) < 4.78 is 22.2. The van der Waals surface area contributed by atoms with Crippen LogP contribution < -0.4 is 9.47 Å². The zero-order valence-electron chi connectivity index (χ0n) is 19.5. The Kier molecular flexibility index (Phi) is 6.49. The number of rotatable bonds is 7. The molecule has 0 N–H and O–H groups in total. The fourth-order valence-corrected chi connectivity index (χ4v) is 4.85. The molecule has 1 aliphatic heterocycles. The Labute approximate surface area is 209 Å². The maximum atomic E-state index is 8.95. The van der Waals surface area contributed by atoms with Crippen molar-refractivity contribution >= 4 is 11.6 Å². The first-order valence-electron chi connectivity index (χ1n) is 11.4. The van der Waals surface area contributed by atoms with Crippen molar-refractivity contribution in [2.24, 2.45) is 0 Å². The highest BCUT2D eigenvalue weighted by molar-refractivity contribution is 6.30. The molecular formula is C27H25ClN4O3. The van der Waals surface area contributed by atoms with Gasteiger partial charge in [0, 0.05) is 35.1 Å². The zero-order valence-corrected chi connectivity index (χ0v) is 20.3. The molecule has 178 valence electrons. The van der Waals surface area contributed by atoms with Crippen LogP contribution in [0.3, 0.4) is 0 Å². The van der Waals surface area contributed by atoms with Crippen molar-refractivity contribution in [1.82, 2.24) is 14.3 Å². The van der Waals surface area contributed by atoms with Crippen LogP contribution in [-0.4, -0.2) is 28.6 Å². The zero-order chi connectivity index (χ0) is 24.4. The summed E-state index contributed by atoms with van der Waals surface area (Å²) in [5.74, 6) is 1.27. The molecule has 3 heterocycles. The molecule has 0 saturated carbocycles. The van der Waals surface area contributed by atoms with E-state index in [0.29, 0.717) is 35.9 Å². The number of aromatic nitrogens is 3. The van der Waals surface area contributed by atoms with Gasteiger partial charge in [0.25, 0.3) is 0 Å². The number of ether oxygens (including phenoxy) is 3. The van der Waals surface area contributed by atoms with E-state index in [-0.39, 0.29) is 6.10 Å². The topological polar surface area (TPSA) is 74.2 Å². The number of methoxy groups -OCH3 is 2. The van der Waals surface area contributed by atoms with Gasteiger partial charge in [-0.1, -0.05) is 23.7 Å². The number of benzene rings is 2. The normalized spacial score (nSPS) is 16.6. The third-order valence-electron chi connectivity index (χ3n) is 6.23. The van der Waals surface area contributed by atoms with Gasteiger partial charge in [-0.3, -0.25) is 4.68 Å². The Bertz CT molecular complexity index is 1390. The molecule has 2 aromatic carbocycles. The number of hydrogen-bond acceptors (Lipinski definition) is 5. The van der Waals surface area contributed by atoms with E-state index in [2.05, 4.69) is 21.8 Å². The molecule has 4 aromatic rings. The van der Waals surface area contributed by atoms with E-state index < -0.39 is 6.10 Å². The van der Waals surface area contributed by atoms with Crippen LogP contribution >= 0.6 is 11.6 Å². The summed E-state index contributed by atoms with van der Waals surface area (Å²) in [6, 6.07) is 19.8. The predicted molar refractivity (Wildman–Crippen MR) is 132 cm³/mol. The lowest BCUT2D eigenvalue weighted by Gasteiger charge is -2.25. The second kappa shape index (κ2) is 9.87. The van der Waals surface area contributed by atoms with Crippen molar-refractivity contribution < 1.29 is 14.2 Å². The summed E-state index contributed by atoms with van der Waals surface area (Å²) in [6.07, 6.45) is 4.25. The maximum Gasteiger partial charge on any atom is 0.166 e. The molecule has 5 rings (SSSR count). The Morgan fingerprint density at radius 2 is 1.94 bits per heavy atom. The van der Waals surface area contributed by atoms with Crippen molar-refractivity contribution in [3.05, 3.63) is 94.5 Å². The molecule has 35 heavy (non-hydrogen) atoms. The van der Waals surface area contributed by atoms with E-state index in [1.807, 2.05) is 65.6 Å². The average Bonchev–Trinajstić information content (AvgIpc) is 3.51. The molecule has 0 saturated heterocycles. The smallest absolute Gasteiger partial charge is 0.166 e. The molecule has 7 nitrogen and oxygen atoms in total. The van der Waals surface area contributed by atoms with Gasteiger partial charge in [-0.25, -0.2) is 0 Å². The first-order valence-corrected chi connectivity index (χ1v) is 11.7. The quantitative estimate of drug-likeness (QED) is 0.335. The van der Waals surface area contributed by atoms with E-state index in [1.165, 1.54) is 0 Å². The summed E-state index contributed by atoms with van der Waals surface area (Å²) in [6.45, 7) is 0.639. The van der Waals surface area contributed by atoms with Crippen LogP contribution in [0, 0.1) is 11.3 Å². The Balaban J connectivity index is 1.58. The number of fused-ring (bicyclic) bond motifs is 3. The van der Waals surface area contributed by atoms with Crippen molar-refractivity contribution in [3.63, 3.8) is 0 Å². The number of halogens is 1. The highest BCUT2D eigenvalue weighted by Gasteiger charge is 2.32. The number of para-hydroxylation sites is 1. The van der Waals surface area contributed by atoms with Gasteiger partial charge in [0.1, 0.15) is 12.2 Å². The molecule has 0 unspecified atom stereocenters. The summed E-state index contributed by atoms with van der Waals surface area (Å²) >= 11 is 6.47. The summed E-state index contributed by atoms with van der Waals surface area (Å²) in [5, 5.41) is 14.1. The second-order valence-electron chi connectivity index (χ2n) is 8.29. The van der Waals surface area contributed by atoms with Crippen LogP contribution in [0.25, 0.3) is 5.69 Å². The molecule has 0 amide bonds. The van der Waals surface area contributed by atoms with Crippen LogP contribution in [0.5, 0.6) is 11.5 Å². The monoisotopic (exact) mass is 488 g/mol. The van der Waals surface area contributed by atoms with Gasteiger partial charge in [-0.2, -0.15) is 10.4 Å². The van der Waals surface area contributed by atoms with Crippen molar-refractivity contribution in [2.45, 2.75) is 31.6 Å². The van der Waals surface area contributed by atoms with Gasteiger partial charge < -0.3 is 18.8 Å². The highest BCUT2D eigenvalue weighted by Crippen LogP contribution is 2.46. The van der Waals surface area contributed by atoms with Gasteiger partial charge in [-0.15, -0.1) is 0 Å². The lowest BCUT2D eigenvalue weighted by atomic mass is 9.98. The number of nitrogens with zero attached hydrogens (tertiary/aromatic N) is 4. The minimum atomic E-state index is -0.439. The molecule has 0 aliphatic carbocycles. The Morgan fingerprint density at radius 1 is 1.06 bits per heavy atom. The van der Waals surface area contributed by atoms with Gasteiger partial charge >= 0.3 is 0 Å². The van der Waals surface area contributed by atoms with Crippen molar-refractivity contribution in [1.29, 1.82) is 5.26 Å². The standard InChI is InChI=1S/C27H25ClN4O3/c1-33-25-7-3-5-20(27(25)34-2)26-21-17-18(28)8-9-22(21)32-14-4-6-23(32)24(35-26)12-16-31-15-11-19(30-31)10-13-29/h3-9,11,14-15,17,24,26H,10,12,16H2,1-2H3/t24-,26-/m1/s1. The fraction of sp³-hybridized carbons (Fsp3) is 0.259. The molecule has 0 spiro atoms. The van der Waals surface area contributed by atoms with Crippen LogP contribution in [0.1, 0.15) is 41.1 Å². The molecule has 0 radical (unpaired) electrons. The first-order chi connectivity index (χ1) is 17.1. The molecule has 2 atom stereocenters. The van der Waals surface area contributed by atoms with Crippen molar-refractivity contribution in [3.8, 4) is 23.3 Å². The number of aryl methyl sites for hydroxylation is 1. The fourth-order valence-electron chi connectivity index (χ4n) is 4.67. The molecule has 0 bridgehead atoms. The molecule has 0 fully saturated rings. The van der Waals surface area contributed by atoms with E-state index in [1.54, 1.807) is 14.2 Å². The molecular weight excluding hydrogens is 464 g/mol. The number of nitriles is 1. The molecule has 1 aliphatic rings.